The number of hydrogen-bond acceptors (Lipinski definition) is 2. The summed E-state index contributed by atoms with van der Waals surface area (Å²) < 4.78 is 10.9. The van der Waals surface area contributed by atoms with Crippen molar-refractivity contribution >= 4 is 0 Å². The second-order valence-electron chi connectivity index (χ2n) is 3.65. The van der Waals surface area contributed by atoms with Crippen molar-refractivity contribution in [2.24, 2.45) is 0 Å². The van der Waals surface area contributed by atoms with Crippen molar-refractivity contribution in [2.75, 3.05) is 13.2 Å². The van der Waals surface area contributed by atoms with Crippen LogP contribution in [-0.4, -0.2) is 19.3 Å². The van der Waals surface area contributed by atoms with E-state index in [1.807, 2.05) is 12.1 Å². The topological polar surface area (TPSA) is 21.8 Å². The number of epoxide rings is 1. The number of ether oxygens (including phenoxy) is 2. The Morgan fingerprint density at radius 3 is 2.92 bits per heavy atom. The predicted molar refractivity (Wildman–Crippen MR) is 49.0 cm³/mol. The van der Waals surface area contributed by atoms with Gasteiger partial charge in [-0.3, -0.25) is 0 Å². The van der Waals surface area contributed by atoms with Gasteiger partial charge >= 0.3 is 0 Å². The Balaban J connectivity index is 2.00. The summed E-state index contributed by atoms with van der Waals surface area (Å²) in [5.41, 5.74) is 1.33. The minimum absolute atomic E-state index is 0.463. The maximum atomic E-state index is 5.58. The second-order valence-corrected chi connectivity index (χ2v) is 3.65. The fraction of sp³-hybridized carbons (Fsp3) is 0.455. The minimum Gasteiger partial charge on any atom is -0.493 e. The standard InChI is InChI=1S/C11H12O2/c1-2-4-10-8(3-1)9(5-6-12-10)11-7-13-11/h1-4,9,11H,5-7H2. The molecule has 13 heavy (non-hydrogen) atoms. The van der Waals surface area contributed by atoms with Crippen molar-refractivity contribution in [1.82, 2.24) is 0 Å². The molecule has 3 rings (SSSR count). The van der Waals surface area contributed by atoms with E-state index in [0.717, 1.165) is 25.4 Å². The number of hydrogen-bond donors (Lipinski definition) is 0. The quantitative estimate of drug-likeness (QED) is 0.610. The van der Waals surface area contributed by atoms with Crippen LogP contribution in [0.5, 0.6) is 5.75 Å². The van der Waals surface area contributed by atoms with Crippen molar-refractivity contribution < 1.29 is 9.47 Å². The number of para-hydroxylation sites is 1. The largest absolute Gasteiger partial charge is 0.493 e. The lowest BCUT2D eigenvalue weighted by Crippen LogP contribution is -2.17. The van der Waals surface area contributed by atoms with Crippen LogP contribution in [0.15, 0.2) is 24.3 Å². The molecule has 1 aromatic rings. The van der Waals surface area contributed by atoms with Crippen LogP contribution in [0.4, 0.5) is 0 Å². The Morgan fingerprint density at radius 2 is 2.08 bits per heavy atom. The molecular weight excluding hydrogens is 164 g/mol. The molecule has 2 heterocycles. The maximum Gasteiger partial charge on any atom is 0.122 e. The molecule has 68 valence electrons. The van der Waals surface area contributed by atoms with Crippen LogP contribution in [0.2, 0.25) is 0 Å². The molecule has 0 radical (unpaired) electrons. The number of fused-ring (bicyclic) bond motifs is 1. The first-order chi connectivity index (χ1) is 6.45. The van der Waals surface area contributed by atoms with E-state index in [1.165, 1.54) is 5.56 Å². The van der Waals surface area contributed by atoms with Crippen LogP contribution in [0.25, 0.3) is 0 Å². The second kappa shape index (κ2) is 2.74. The molecule has 0 amide bonds. The zero-order chi connectivity index (χ0) is 8.67. The molecule has 2 nitrogen and oxygen atoms in total. The molecule has 0 aliphatic carbocycles. The summed E-state index contributed by atoms with van der Waals surface area (Å²) in [5, 5.41) is 0. The lowest BCUT2D eigenvalue weighted by Gasteiger charge is -2.24. The summed E-state index contributed by atoms with van der Waals surface area (Å²) in [7, 11) is 0. The van der Waals surface area contributed by atoms with E-state index in [1.54, 1.807) is 0 Å². The van der Waals surface area contributed by atoms with Gasteiger partial charge in [0, 0.05) is 11.5 Å². The summed E-state index contributed by atoms with van der Waals surface area (Å²) >= 11 is 0. The van der Waals surface area contributed by atoms with Crippen LogP contribution in [0.1, 0.15) is 17.9 Å². The van der Waals surface area contributed by atoms with Crippen LogP contribution in [0, 0.1) is 0 Å². The molecule has 0 saturated carbocycles. The average Bonchev–Trinajstić information content (AvgIpc) is 3.00. The fourth-order valence-corrected chi connectivity index (χ4v) is 2.04. The van der Waals surface area contributed by atoms with E-state index in [2.05, 4.69) is 12.1 Å². The molecule has 0 N–H and O–H groups in total. The third-order valence-corrected chi connectivity index (χ3v) is 2.81. The Labute approximate surface area is 77.5 Å². The first kappa shape index (κ1) is 7.39. The van der Waals surface area contributed by atoms with Gasteiger partial charge in [0.1, 0.15) is 5.75 Å². The third-order valence-electron chi connectivity index (χ3n) is 2.81. The zero-order valence-corrected chi connectivity index (χ0v) is 7.40. The lowest BCUT2D eigenvalue weighted by atomic mass is 9.90. The first-order valence-corrected chi connectivity index (χ1v) is 4.78. The Kier molecular flexibility index (Phi) is 1.56. The number of benzene rings is 1. The van der Waals surface area contributed by atoms with E-state index in [0.29, 0.717) is 12.0 Å². The van der Waals surface area contributed by atoms with Crippen LogP contribution >= 0.6 is 0 Å². The van der Waals surface area contributed by atoms with E-state index < -0.39 is 0 Å². The first-order valence-electron chi connectivity index (χ1n) is 4.78. The average molecular weight is 176 g/mol. The van der Waals surface area contributed by atoms with Gasteiger partial charge in [-0.1, -0.05) is 18.2 Å². The van der Waals surface area contributed by atoms with Gasteiger partial charge in [-0.2, -0.15) is 0 Å². The minimum atomic E-state index is 0.463. The van der Waals surface area contributed by atoms with Crippen molar-refractivity contribution in [3.63, 3.8) is 0 Å². The fourth-order valence-electron chi connectivity index (χ4n) is 2.04. The van der Waals surface area contributed by atoms with Gasteiger partial charge in [0.25, 0.3) is 0 Å². The molecular formula is C11H12O2. The predicted octanol–water partition coefficient (Wildman–Crippen LogP) is 1.95. The summed E-state index contributed by atoms with van der Waals surface area (Å²) in [4.78, 5) is 0. The smallest absolute Gasteiger partial charge is 0.122 e. The highest BCUT2D eigenvalue weighted by molar-refractivity contribution is 5.38. The monoisotopic (exact) mass is 176 g/mol. The van der Waals surface area contributed by atoms with E-state index in [9.17, 15) is 0 Å². The van der Waals surface area contributed by atoms with Crippen molar-refractivity contribution in [1.29, 1.82) is 0 Å². The highest BCUT2D eigenvalue weighted by Gasteiger charge is 2.36. The lowest BCUT2D eigenvalue weighted by molar-refractivity contribution is 0.245. The Morgan fingerprint density at radius 1 is 1.23 bits per heavy atom. The molecule has 1 aromatic carbocycles. The molecule has 0 aromatic heterocycles. The molecule has 1 fully saturated rings. The Hall–Kier alpha value is -1.02. The highest BCUT2D eigenvalue weighted by atomic mass is 16.6. The molecule has 1 saturated heterocycles. The molecule has 2 aliphatic heterocycles. The van der Waals surface area contributed by atoms with Crippen LogP contribution in [-0.2, 0) is 4.74 Å². The highest BCUT2D eigenvalue weighted by Crippen LogP contribution is 2.40. The van der Waals surface area contributed by atoms with Crippen molar-refractivity contribution in [2.45, 2.75) is 18.4 Å². The maximum absolute atomic E-state index is 5.58. The molecule has 0 spiro atoms. The van der Waals surface area contributed by atoms with Crippen LogP contribution in [0.3, 0.4) is 0 Å². The zero-order valence-electron chi connectivity index (χ0n) is 7.40. The van der Waals surface area contributed by atoms with Gasteiger partial charge in [0.05, 0.1) is 19.3 Å². The van der Waals surface area contributed by atoms with Gasteiger partial charge < -0.3 is 9.47 Å². The van der Waals surface area contributed by atoms with Gasteiger partial charge in [-0.15, -0.1) is 0 Å². The van der Waals surface area contributed by atoms with Crippen molar-refractivity contribution in [3.8, 4) is 5.75 Å². The van der Waals surface area contributed by atoms with Gasteiger partial charge in [0.15, 0.2) is 0 Å². The summed E-state index contributed by atoms with van der Waals surface area (Å²) in [6, 6.07) is 8.29. The van der Waals surface area contributed by atoms with Crippen molar-refractivity contribution in [3.05, 3.63) is 29.8 Å². The van der Waals surface area contributed by atoms with E-state index in [-0.39, 0.29) is 0 Å². The molecule has 2 heteroatoms. The molecule has 0 bridgehead atoms. The SMILES string of the molecule is c1ccc2c(c1)OCCC2C1CO1. The summed E-state index contributed by atoms with van der Waals surface area (Å²) in [6.07, 6.45) is 1.56. The van der Waals surface area contributed by atoms with E-state index in [4.69, 9.17) is 9.47 Å². The summed E-state index contributed by atoms with van der Waals surface area (Å²) in [6.45, 7) is 1.76. The third kappa shape index (κ3) is 1.22. The van der Waals surface area contributed by atoms with Crippen LogP contribution < -0.4 is 4.74 Å². The molecule has 2 aliphatic rings. The molecule has 2 atom stereocenters. The molecule has 2 unspecified atom stereocenters. The number of rotatable bonds is 1. The van der Waals surface area contributed by atoms with E-state index >= 15 is 0 Å². The summed E-state index contributed by atoms with van der Waals surface area (Å²) in [5.74, 6) is 1.62. The Bertz CT molecular complexity index is 318. The normalized spacial score (nSPS) is 30.5. The van der Waals surface area contributed by atoms with Gasteiger partial charge in [-0.25, -0.2) is 0 Å². The van der Waals surface area contributed by atoms with Gasteiger partial charge in [0.2, 0.25) is 0 Å². The van der Waals surface area contributed by atoms with Gasteiger partial charge in [-0.05, 0) is 12.5 Å².